The summed E-state index contributed by atoms with van der Waals surface area (Å²) < 4.78 is 60.6. The minimum Gasteiger partial charge on any atom is -0.444 e. The zero-order valence-electron chi connectivity index (χ0n) is 15.3. The molecule has 2 N–H and O–H groups in total. The Morgan fingerprint density at radius 3 is 2.29 bits per heavy atom. The van der Waals surface area contributed by atoms with Crippen molar-refractivity contribution in [3.05, 3.63) is 59.4 Å². The first-order valence-electron chi connectivity index (χ1n) is 8.18. The van der Waals surface area contributed by atoms with Gasteiger partial charge in [-0.25, -0.2) is 9.18 Å². The van der Waals surface area contributed by atoms with Gasteiger partial charge in [-0.3, -0.25) is 5.32 Å². The standard InChI is InChI=1S/C19H19F4NO4/c1-18(2,3)28-17(26)24-15-9-8-11(27-19(21,22)23)10-13(15)16(25)12-6-4-5-7-14(12)20/h4-10,16,25H,1-3H3,(H,24,26)/t16-/m0/s1. The highest BCUT2D eigenvalue weighted by Gasteiger charge is 2.32. The van der Waals surface area contributed by atoms with Crippen LogP contribution in [0.2, 0.25) is 0 Å². The van der Waals surface area contributed by atoms with Crippen LogP contribution in [0.15, 0.2) is 42.5 Å². The number of hydrogen-bond donors (Lipinski definition) is 2. The van der Waals surface area contributed by atoms with Crippen molar-refractivity contribution in [2.24, 2.45) is 0 Å². The van der Waals surface area contributed by atoms with E-state index in [1.807, 2.05) is 0 Å². The molecular formula is C19H19F4NO4. The first-order chi connectivity index (χ1) is 12.9. The summed E-state index contributed by atoms with van der Waals surface area (Å²) in [6, 6.07) is 8.15. The van der Waals surface area contributed by atoms with Crippen LogP contribution in [0.4, 0.5) is 28.0 Å². The first kappa shape index (κ1) is 21.5. The van der Waals surface area contributed by atoms with Gasteiger partial charge < -0.3 is 14.6 Å². The molecule has 0 unspecified atom stereocenters. The van der Waals surface area contributed by atoms with Gasteiger partial charge in [0.1, 0.15) is 23.3 Å². The lowest BCUT2D eigenvalue weighted by Gasteiger charge is -2.22. The van der Waals surface area contributed by atoms with E-state index in [2.05, 4.69) is 10.1 Å². The third-order valence-electron chi connectivity index (χ3n) is 3.39. The number of hydrogen-bond acceptors (Lipinski definition) is 4. The van der Waals surface area contributed by atoms with Crippen LogP contribution in [0.25, 0.3) is 0 Å². The number of ether oxygens (including phenoxy) is 2. The number of nitrogens with one attached hydrogen (secondary N) is 1. The summed E-state index contributed by atoms with van der Waals surface area (Å²) in [6.07, 6.45) is -7.51. The Labute approximate surface area is 158 Å². The normalized spacial score (nSPS) is 13.0. The van der Waals surface area contributed by atoms with E-state index in [0.717, 1.165) is 24.3 Å². The third kappa shape index (κ3) is 6.12. The van der Waals surface area contributed by atoms with Gasteiger partial charge in [-0.2, -0.15) is 0 Å². The Morgan fingerprint density at radius 1 is 1.07 bits per heavy atom. The van der Waals surface area contributed by atoms with E-state index in [1.165, 1.54) is 18.2 Å². The molecule has 1 atom stereocenters. The number of benzene rings is 2. The number of aliphatic hydroxyl groups excluding tert-OH is 1. The fourth-order valence-corrected chi connectivity index (χ4v) is 2.36. The Bertz CT molecular complexity index is 847. The van der Waals surface area contributed by atoms with E-state index < -0.39 is 35.7 Å². The number of alkyl halides is 3. The van der Waals surface area contributed by atoms with Gasteiger partial charge in [0.05, 0.1) is 5.69 Å². The van der Waals surface area contributed by atoms with Crippen molar-refractivity contribution in [3.63, 3.8) is 0 Å². The van der Waals surface area contributed by atoms with Crippen molar-refractivity contribution < 1.29 is 36.9 Å². The molecule has 2 aromatic rings. The lowest BCUT2D eigenvalue weighted by Crippen LogP contribution is -2.27. The Morgan fingerprint density at radius 2 is 1.71 bits per heavy atom. The molecule has 0 radical (unpaired) electrons. The number of amides is 1. The lowest BCUT2D eigenvalue weighted by atomic mass is 9.99. The molecular weight excluding hydrogens is 382 g/mol. The van der Waals surface area contributed by atoms with Crippen LogP contribution in [0, 0.1) is 5.82 Å². The monoisotopic (exact) mass is 401 g/mol. The quantitative estimate of drug-likeness (QED) is 0.695. The van der Waals surface area contributed by atoms with E-state index in [0.29, 0.717) is 0 Å². The van der Waals surface area contributed by atoms with Crippen LogP contribution in [0.3, 0.4) is 0 Å². The van der Waals surface area contributed by atoms with Crippen LogP contribution in [-0.2, 0) is 4.74 Å². The minimum atomic E-state index is -4.96. The molecule has 0 aromatic heterocycles. The summed E-state index contributed by atoms with van der Waals surface area (Å²) in [5.74, 6) is -1.40. The fourth-order valence-electron chi connectivity index (χ4n) is 2.36. The molecule has 0 aliphatic heterocycles. The summed E-state index contributed by atoms with van der Waals surface area (Å²) in [6.45, 7) is 4.88. The van der Waals surface area contributed by atoms with E-state index in [-0.39, 0.29) is 16.8 Å². The molecule has 2 aromatic carbocycles. The van der Waals surface area contributed by atoms with Gasteiger partial charge in [0, 0.05) is 11.1 Å². The largest absolute Gasteiger partial charge is 0.573 e. The number of aliphatic hydroxyl groups is 1. The zero-order valence-corrected chi connectivity index (χ0v) is 15.3. The van der Waals surface area contributed by atoms with Gasteiger partial charge in [0.15, 0.2) is 0 Å². The van der Waals surface area contributed by atoms with Gasteiger partial charge >= 0.3 is 12.5 Å². The second kappa shape index (κ2) is 8.05. The summed E-state index contributed by atoms with van der Waals surface area (Å²) in [5.41, 5.74) is -1.26. The molecule has 1 amide bonds. The molecule has 0 heterocycles. The van der Waals surface area contributed by atoms with Crippen LogP contribution in [0.5, 0.6) is 5.75 Å². The molecule has 2 rings (SSSR count). The molecule has 0 aliphatic rings. The van der Waals surface area contributed by atoms with Gasteiger partial charge in [-0.05, 0) is 45.0 Å². The maximum atomic E-state index is 14.0. The summed E-state index contributed by atoms with van der Waals surface area (Å²) in [7, 11) is 0. The topological polar surface area (TPSA) is 67.8 Å². The SMILES string of the molecule is CC(C)(C)OC(=O)Nc1ccc(OC(F)(F)F)cc1[C@@H](O)c1ccccc1F. The van der Waals surface area contributed by atoms with Crippen molar-refractivity contribution in [2.45, 2.75) is 38.8 Å². The minimum absolute atomic E-state index is 0.0560. The molecule has 0 spiro atoms. The summed E-state index contributed by atoms with van der Waals surface area (Å²) in [5, 5.41) is 12.9. The van der Waals surface area contributed by atoms with Crippen molar-refractivity contribution in [2.75, 3.05) is 5.32 Å². The maximum absolute atomic E-state index is 14.0. The smallest absolute Gasteiger partial charge is 0.444 e. The molecule has 0 bridgehead atoms. The molecule has 0 fully saturated rings. The highest BCUT2D eigenvalue weighted by atomic mass is 19.4. The Kier molecular flexibility index (Phi) is 6.18. The number of carbonyl (C=O) groups excluding carboxylic acids is 1. The van der Waals surface area contributed by atoms with E-state index >= 15 is 0 Å². The maximum Gasteiger partial charge on any atom is 0.573 e. The third-order valence-corrected chi connectivity index (χ3v) is 3.39. The molecule has 0 aliphatic carbocycles. The molecule has 0 saturated heterocycles. The van der Waals surface area contributed by atoms with Gasteiger partial charge in [0.25, 0.3) is 0 Å². The van der Waals surface area contributed by atoms with Crippen molar-refractivity contribution >= 4 is 11.8 Å². The second-order valence-corrected chi connectivity index (χ2v) is 6.85. The van der Waals surface area contributed by atoms with Crippen molar-refractivity contribution in [1.82, 2.24) is 0 Å². The van der Waals surface area contributed by atoms with E-state index in [9.17, 15) is 27.5 Å². The summed E-state index contributed by atoms with van der Waals surface area (Å²) in [4.78, 5) is 12.0. The van der Waals surface area contributed by atoms with Crippen LogP contribution >= 0.6 is 0 Å². The highest BCUT2D eigenvalue weighted by Crippen LogP contribution is 2.34. The molecule has 5 nitrogen and oxygen atoms in total. The first-order valence-corrected chi connectivity index (χ1v) is 8.18. The van der Waals surface area contributed by atoms with Gasteiger partial charge in [-0.15, -0.1) is 13.2 Å². The van der Waals surface area contributed by atoms with E-state index in [1.54, 1.807) is 20.8 Å². The van der Waals surface area contributed by atoms with Gasteiger partial charge in [0.2, 0.25) is 0 Å². The van der Waals surface area contributed by atoms with Crippen LogP contribution < -0.4 is 10.1 Å². The Hall–Kier alpha value is -2.81. The number of anilines is 1. The Balaban J connectivity index is 2.44. The summed E-state index contributed by atoms with van der Waals surface area (Å²) >= 11 is 0. The number of carbonyl (C=O) groups is 1. The average molecular weight is 401 g/mol. The molecule has 9 heteroatoms. The average Bonchev–Trinajstić information content (AvgIpc) is 2.53. The number of halogens is 4. The van der Waals surface area contributed by atoms with Crippen LogP contribution in [0.1, 0.15) is 38.0 Å². The zero-order chi connectivity index (χ0) is 21.1. The fraction of sp³-hybridized carbons (Fsp3) is 0.316. The highest BCUT2D eigenvalue weighted by molar-refractivity contribution is 5.86. The predicted molar refractivity (Wildman–Crippen MR) is 93.4 cm³/mol. The van der Waals surface area contributed by atoms with Gasteiger partial charge in [-0.1, -0.05) is 18.2 Å². The van der Waals surface area contributed by atoms with Crippen molar-refractivity contribution in [3.8, 4) is 5.75 Å². The molecule has 152 valence electrons. The molecule has 0 saturated carbocycles. The number of rotatable bonds is 4. The predicted octanol–water partition coefficient (Wildman–Crippen LogP) is 5.15. The van der Waals surface area contributed by atoms with E-state index in [4.69, 9.17) is 4.74 Å². The lowest BCUT2D eigenvalue weighted by molar-refractivity contribution is -0.274. The van der Waals surface area contributed by atoms with Crippen LogP contribution in [-0.4, -0.2) is 23.2 Å². The second-order valence-electron chi connectivity index (χ2n) is 6.85. The molecule has 28 heavy (non-hydrogen) atoms. The van der Waals surface area contributed by atoms with Crippen molar-refractivity contribution in [1.29, 1.82) is 0 Å².